The highest BCUT2D eigenvalue weighted by Crippen LogP contribution is 2.28. The highest BCUT2D eigenvalue weighted by atomic mass is 35.5. The smallest absolute Gasteiger partial charge is 0.248 e. The van der Waals surface area contributed by atoms with E-state index in [9.17, 15) is 4.79 Å². The molecule has 0 radical (unpaired) electrons. The van der Waals surface area contributed by atoms with Gasteiger partial charge in [0.2, 0.25) is 5.91 Å². The van der Waals surface area contributed by atoms with E-state index < -0.39 is 0 Å². The van der Waals surface area contributed by atoms with Crippen molar-refractivity contribution >= 4 is 18.3 Å². The van der Waals surface area contributed by atoms with Gasteiger partial charge in [0.25, 0.3) is 0 Å². The van der Waals surface area contributed by atoms with Crippen LogP contribution in [0.3, 0.4) is 0 Å². The normalized spacial score (nSPS) is 16.3. The lowest BCUT2D eigenvalue weighted by atomic mass is 10.0. The molecule has 0 spiro atoms. The van der Waals surface area contributed by atoms with E-state index in [0.29, 0.717) is 18.4 Å². The Kier molecular flexibility index (Phi) is 8.57. The Morgan fingerprint density at radius 3 is 2.56 bits per heavy atom. The number of carbonyl (C=O) groups is 1. The molecule has 108 valence electrons. The van der Waals surface area contributed by atoms with E-state index in [-0.39, 0.29) is 31.0 Å². The van der Waals surface area contributed by atoms with Gasteiger partial charge >= 0.3 is 0 Å². The van der Waals surface area contributed by atoms with Gasteiger partial charge < -0.3 is 15.4 Å². The molecule has 1 unspecified atom stereocenters. The molecule has 0 aromatic rings. The van der Waals surface area contributed by atoms with E-state index in [0.717, 1.165) is 13.0 Å². The van der Waals surface area contributed by atoms with Crippen LogP contribution >= 0.6 is 12.4 Å². The maximum Gasteiger partial charge on any atom is 0.248 e. The third kappa shape index (κ3) is 7.19. The number of hydrogen-bond donors (Lipinski definition) is 1. The zero-order valence-electron chi connectivity index (χ0n) is 11.7. The van der Waals surface area contributed by atoms with Gasteiger partial charge in [-0.3, -0.25) is 4.79 Å². The van der Waals surface area contributed by atoms with Crippen molar-refractivity contribution in [1.82, 2.24) is 4.90 Å². The Balaban J connectivity index is 0.00000289. The predicted molar refractivity (Wildman–Crippen MR) is 75.9 cm³/mol. The van der Waals surface area contributed by atoms with Gasteiger partial charge in [-0.25, -0.2) is 0 Å². The number of hydrogen-bond acceptors (Lipinski definition) is 3. The Hall–Kier alpha value is -0.320. The van der Waals surface area contributed by atoms with Crippen LogP contribution in [0, 0.1) is 11.8 Å². The van der Waals surface area contributed by atoms with Gasteiger partial charge in [-0.1, -0.05) is 13.8 Å². The minimum absolute atomic E-state index is 0. The van der Waals surface area contributed by atoms with Gasteiger partial charge in [0.15, 0.2) is 0 Å². The molecule has 1 saturated carbocycles. The van der Waals surface area contributed by atoms with Crippen molar-refractivity contribution in [3.8, 4) is 0 Å². The molecule has 5 heteroatoms. The summed E-state index contributed by atoms with van der Waals surface area (Å²) in [6.45, 7) is 5.87. The van der Waals surface area contributed by atoms with Crippen molar-refractivity contribution in [2.24, 2.45) is 17.6 Å². The van der Waals surface area contributed by atoms with Crippen LogP contribution in [0.4, 0.5) is 0 Å². The first kappa shape index (κ1) is 17.7. The Morgan fingerprint density at radius 2 is 2.06 bits per heavy atom. The maximum absolute atomic E-state index is 11.7. The lowest BCUT2D eigenvalue weighted by molar-refractivity contribution is -0.135. The highest BCUT2D eigenvalue weighted by Gasteiger charge is 2.22. The molecule has 0 aromatic heterocycles. The van der Waals surface area contributed by atoms with Crippen molar-refractivity contribution in [2.45, 2.75) is 39.2 Å². The summed E-state index contributed by atoms with van der Waals surface area (Å²) < 4.78 is 5.37. The van der Waals surface area contributed by atoms with Crippen LogP contribution in [0.15, 0.2) is 0 Å². The fourth-order valence-electron chi connectivity index (χ4n) is 1.51. The third-order valence-electron chi connectivity index (χ3n) is 3.36. The van der Waals surface area contributed by atoms with Gasteiger partial charge in [-0.15, -0.1) is 12.4 Å². The van der Waals surface area contributed by atoms with Gasteiger partial charge in [-0.2, -0.15) is 0 Å². The topological polar surface area (TPSA) is 55.6 Å². The molecule has 0 saturated heterocycles. The van der Waals surface area contributed by atoms with Crippen LogP contribution in [-0.4, -0.2) is 43.7 Å². The molecule has 1 aliphatic rings. The van der Waals surface area contributed by atoms with E-state index in [2.05, 4.69) is 13.8 Å². The SMILES string of the molecule is CC(C)C(N)CCN(C)C(=O)COCC1CC1.Cl. The summed E-state index contributed by atoms with van der Waals surface area (Å²) >= 11 is 0. The number of carbonyl (C=O) groups excluding carboxylic acids is 1. The van der Waals surface area contributed by atoms with Crippen molar-refractivity contribution in [3.05, 3.63) is 0 Å². The molecular weight excluding hydrogens is 252 g/mol. The zero-order chi connectivity index (χ0) is 12.8. The van der Waals surface area contributed by atoms with Crippen molar-refractivity contribution in [3.63, 3.8) is 0 Å². The summed E-state index contributed by atoms with van der Waals surface area (Å²) in [4.78, 5) is 13.4. The van der Waals surface area contributed by atoms with Gasteiger partial charge in [-0.05, 0) is 31.1 Å². The second-order valence-corrected chi connectivity index (χ2v) is 5.47. The molecule has 1 aliphatic carbocycles. The zero-order valence-corrected chi connectivity index (χ0v) is 12.5. The molecule has 0 heterocycles. The van der Waals surface area contributed by atoms with Gasteiger partial charge in [0.1, 0.15) is 6.61 Å². The second-order valence-electron chi connectivity index (χ2n) is 5.47. The molecule has 4 nitrogen and oxygen atoms in total. The number of rotatable bonds is 8. The monoisotopic (exact) mass is 278 g/mol. The van der Waals surface area contributed by atoms with Crippen LogP contribution < -0.4 is 5.73 Å². The van der Waals surface area contributed by atoms with Gasteiger partial charge in [0, 0.05) is 19.6 Å². The third-order valence-corrected chi connectivity index (χ3v) is 3.36. The average molecular weight is 279 g/mol. The molecule has 18 heavy (non-hydrogen) atoms. The molecule has 0 bridgehead atoms. The lowest BCUT2D eigenvalue weighted by Crippen LogP contribution is -2.36. The predicted octanol–water partition coefficient (Wildman–Crippen LogP) is 1.67. The largest absolute Gasteiger partial charge is 0.371 e. The first-order valence-electron chi connectivity index (χ1n) is 6.58. The van der Waals surface area contributed by atoms with E-state index >= 15 is 0 Å². The van der Waals surface area contributed by atoms with Crippen LogP contribution in [0.5, 0.6) is 0 Å². The van der Waals surface area contributed by atoms with Crippen LogP contribution in [0.25, 0.3) is 0 Å². The summed E-state index contributed by atoms with van der Waals surface area (Å²) in [5.74, 6) is 1.23. The molecule has 2 N–H and O–H groups in total. The number of nitrogens with two attached hydrogens (primary N) is 1. The van der Waals surface area contributed by atoms with Crippen LogP contribution in [0.2, 0.25) is 0 Å². The Bertz CT molecular complexity index is 245. The minimum atomic E-state index is 0. The van der Waals surface area contributed by atoms with E-state index in [1.165, 1.54) is 12.8 Å². The van der Waals surface area contributed by atoms with Crippen molar-refractivity contribution < 1.29 is 9.53 Å². The molecule has 1 amide bonds. The lowest BCUT2D eigenvalue weighted by Gasteiger charge is -2.21. The molecule has 0 aromatic carbocycles. The first-order chi connectivity index (χ1) is 8.00. The standard InChI is InChI=1S/C13H26N2O2.ClH/c1-10(2)12(14)6-7-15(3)13(16)9-17-8-11-4-5-11;/h10-12H,4-9,14H2,1-3H3;1H. The Labute approximate surface area is 117 Å². The summed E-state index contributed by atoms with van der Waals surface area (Å²) in [6, 6.07) is 0.164. The summed E-state index contributed by atoms with van der Waals surface area (Å²) in [6.07, 6.45) is 3.36. The Morgan fingerprint density at radius 1 is 1.44 bits per heavy atom. The highest BCUT2D eigenvalue weighted by molar-refractivity contribution is 5.85. The van der Waals surface area contributed by atoms with E-state index in [1.54, 1.807) is 4.90 Å². The minimum Gasteiger partial charge on any atom is -0.371 e. The molecule has 1 atom stereocenters. The number of nitrogens with zero attached hydrogens (tertiary/aromatic N) is 1. The van der Waals surface area contributed by atoms with Crippen molar-refractivity contribution in [2.75, 3.05) is 26.8 Å². The van der Waals surface area contributed by atoms with Crippen LogP contribution in [0.1, 0.15) is 33.1 Å². The number of amides is 1. The fourth-order valence-corrected chi connectivity index (χ4v) is 1.51. The van der Waals surface area contributed by atoms with Crippen molar-refractivity contribution in [1.29, 1.82) is 0 Å². The quantitative estimate of drug-likeness (QED) is 0.735. The number of halogens is 1. The first-order valence-corrected chi connectivity index (χ1v) is 6.58. The van der Waals surface area contributed by atoms with E-state index in [4.69, 9.17) is 10.5 Å². The molecule has 1 rings (SSSR count). The summed E-state index contributed by atoms with van der Waals surface area (Å²) in [5.41, 5.74) is 5.94. The number of likely N-dealkylation sites (N-methyl/N-ethyl adjacent to an activating group) is 1. The van der Waals surface area contributed by atoms with E-state index in [1.807, 2.05) is 7.05 Å². The van der Waals surface area contributed by atoms with Gasteiger partial charge in [0.05, 0.1) is 6.61 Å². The second kappa shape index (κ2) is 8.73. The molecular formula is C13H27ClN2O2. The van der Waals surface area contributed by atoms with Crippen LogP contribution in [-0.2, 0) is 9.53 Å². The maximum atomic E-state index is 11.7. The molecule has 1 fully saturated rings. The molecule has 0 aliphatic heterocycles. The summed E-state index contributed by atoms with van der Waals surface area (Å²) in [7, 11) is 1.82. The number of ether oxygens (including phenoxy) is 1. The summed E-state index contributed by atoms with van der Waals surface area (Å²) in [5, 5.41) is 0. The fraction of sp³-hybridized carbons (Fsp3) is 0.923. The average Bonchev–Trinajstić information content (AvgIpc) is 3.08.